The van der Waals surface area contributed by atoms with Gasteiger partial charge in [0.25, 0.3) is 0 Å². The first-order valence-corrected chi connectivity index (χ1v) is 9.44. The topological polar surface area (TPSA) is 99.7 Å². The van der Waals surface area contributed by atoms with E-state index in [0.29, 0.717) is 0 Å². The van der Waals surface area contributed by atoms with Gasteiger partial charge in [-0.05, 0) is 40.5 Å². The molecule has 1 fully saturated rings. The van der Waals surface area contributed by atoms with Gasteiger partial charge in [0.2, 0.25) is 5.41 Å². The van der Waals surface area contributed by atoms with Gasteiger partial charge in [0.1, 0.15) is 0 Å². The lowest BCUT2D eigenvalue weighted by atomic mass is 9.55. The van der Waals surface area contributed by atoms with Crippen LogP contribution in [0.15, 0.2) is 28.5 Å². The summed E-state index contributed by atoms with van der Waals surface area (Å²) in [6, 6.07) is 8.40. The minimum absolute atomic E-state index is 0.0528. The van der Waals surface area contributed by atoms with Crippen LogP contribution >= 0.6 is 11.3 Å². The van der Waals surface area contributed by atoms with E-state index < -0.39 is 11.3 Å². The standard InChI is InChI=1S/C19H19N5S/c1-2-5-24-6-3-16-15(9-24)17(13-4-7-25-10-13)14(8-20)18(23)19(16,11-21)12-22/h3-4,7,10,14-15,17,23H,2,5-6,9H2,1H3/p+1/t14-,15-,17+/m0/s1. The number of hydrogen-bond donors (Lipinski definition) is 2. The van der Waals surface area contributed by atoms with Crippen molar-refractivity contribution in [2.45, 2.75) is 19.3 Å². The molecule has 1 aromatic heterocycles. The monoisotopic (exact) mass is 350 g/mol. The molecule has 1 aromatic rings. The first-order chi connectivity index (χ1) is 12.1. The Labute approximate surface area is 151 Å². The molecule has 25 heavy (non-hydrogen) atoms. The van der Waals surface area contributed by atoms with Gasteiger partial charge in [-0.15, -0.1) is 0 Å². The van der Waals surface area contributed by atoms with E-state index in [1.165, 1.54) is 4.90 Å². The van der Waals surface area contributed by atoms with Crippen molar-refractivity contribution in [2.75, 3.05) is 19.6 Å². The van der Waals surface area contributed by atoms with Crippen LogP contribution in [0.3, 0.4) is 0 Å². The highest BCUT2D eigenvalue weighted by atomic mass is 32.1. The lowest BCUT2D eigenvalue weighted by Crippen LogP contribution is -3.13. The summed E-state index contributed by atoms with van der Waals surface area (Å²) >= 11 is 1.57. The highest BCUT2D eigenvalue weighted by Gasteiger charge is 2.57. The molecule has 1 unspecified atom stereocenters. The molecular weight excluding hydrogens is 330 g/mol. The molecular formula is C19H20N5S+. The van der Waals surface area contributed by atoms with Crippen molar-refractivity contribution in [2.24, 2.45) is 17.3 Å². The Kier molecular flexibility index (Phi) is 4.73. The van der Waals surface area contributed by atoms with Gasteiger partial charge in [-0.25, -0.2) is 0 Å². The van der Waals surface area contributed by atoms with Crippen molar-refractivity contribution < 1.29 is 4.90 Å². The molecule has 4 atom stereocenters. The molecule has 0 spiro atoms. The van der Waals surface area contributed by atoms with Gasteiger partial charge in [0.05, 0.1) is 49.5 Å². The van der Waals surface area contributed by atoms with E-state index in [2.05, 4.69) is 25.1 Å². The van der Waals surface area contributed by atoms with Gasteiger partial charge >= 0.3 is 0 Å². The number of nitrogens with zero attached hydrogens (tertiary/aromatic N) is 3. The molecule has 3 rings (SSSR count). The first kappa shape index (κ1) is 17.4. The third-order valence-corrected chi connectivity index (χ3v) is 6.17. The van der Waals surface area contributed by atoms with Gasteiger partial charge in [-0.3, -0.25) is 0 Å². The number of fused-ring (bicyclic) bond motifs is 1. The Morgan fingerprint density at radius 3 is 2.68 bits per heavy atom. The Morgan fingerprint density at radius 2 is 2.12 bits per heavy atom. The van der Waals surface area contributed by atoms with Crippen LogP contribution in [0.1, 0.15) is 24.8 Å². The molecule has 1 aliphatic carbocycles. The first-order valence-electron chi connectivity index (χ1n) is 8.50. The molecule has 126 valence electrons. The van der Waals surface area contributed by atoms with Crippen LogP contribution in [0.2, 0.25) is 0 Å². The zero-order chi connectivity index (χ0) is 18.0. The van der Waals surface area contributed by atoms with Gasteiger partial charge in [-0.1, -0.05) is 6.92 Å². The summed E-state index contributed by atoms with van der Waals surface area (Å²) in [5, 5.41) is 41.9. The number of hydrogen-bond acceptors (Lipinski definition) is 5. The highest BCUT2D eigenvalue weighted by molar-refractivity contribution is 7.08. The summed E-state index contributed by atoms with van der Waals surface area (Å²) in [5.74, 6) is -0.947. The molecule has 2 aliphatic rings. The molecule has 0 amide bonds. The van der Waals surface area contributed by atoms with Gasteiger partial charge < -0.3 is 10.3 Å². The molecule has 0 saturated heterocycles. The van der Waals surface area contributed by atoms with E-state index in [1.807, 2.05) is 22.9 Å². The molecule has 0 aromatic carbocycles. The maximum atomic E-state index is 9.78. The third-order valence-electron chi connectivity index (χ3n) is 5.47. The van der Waals surface area contributed by atoms with Crippen LogP contribution in [-0.2, 0) is 0 Å². The number of rotatable bonds is 3. The lowest BCUT2D eigenvalue weighted by Gasteiger charge is -2.45. The van der Waals surface area contributed by atoms with E-state index in [0.717, 1.165) is 37.2 Å². The SMILES string of the molecule is CCC[NH+]1CC=C2[C@H](C1)[C@H](c1ccsc1)[C@H](C#N)C(=N)C2(C#N)C#N. The number of nitriles is 3. The quantitative estimate of drug-likeness (QED) is 0.814. The second-order valence-electron chi connectivity index (χ2n) is 6.75. The van der Waals surface area contributed by atoms with E-state index in [4.69, 9.17) is 5.41 Å². The zero-order valence-electron chi connectivity index (χ0n) is 14.1. The summed E-state index contributed by atoms with van der Waals surface area (Å²) in [6.07, 6.45) is 3.06. The van der Waals surface area contributed by atoms with Crippen LogP contribution < -0.4 is 4.90 Å². The summed E-state index contributed by atoms with van der Waals surface area (Å²) < 4.78 is 0. The summed E-state index contributed by atoms with van der Waals surface area (Å²) in [4.78, 5) is 1.41. The maximum absolute atomic E-state index is 9.78. The van der Waals surface area contributed by atoms with Crippen LogP contribution in [0.25, 0.3) is 0 Å². The van der Waals surface area contributed by atoms with Crippen molar-refractivity contribution in [3.63, 3.8) is 0 Å². The summed E-state index contributed by atoms with van der Waals surface area (Å²) in [7, 11) is 0. The van der Waals surface area contributed by atoms with Crippen molar-refractivity contribution in [3.8, 4) is 18.2 Å². The highest BCUT2D eigenvalue weighted by Crippen LogP contribution is 2.51. The smallest absolute Gasteiger partial charge is 0.203 e. The molecule has 6 heteroatoms. The maximum Gasteiger partial charge on any atom is 0.203 e. The van der Waals surface area contributed by atoms with Crippen LogP contribution in [0.5, 0.6) is 0 Å². The van der Waals surface area contributed by atoms with E-state index in [1.54, 1.807) is 11.3 Å². The molecule has 1 saturated carbocycles. The Balaban J connectivity index is 2.16. The lowest BCUT2D eigenvalue weighted by molar-refractivity contribution is -0.899. The van der Waals surface area contributed by atoms with Crippen molar-refractivity contribution in [1.82, 2.24) is 0 Å². The fourth-order valence-corrected chi connectivity index (χ4v) is 5.04. The second-order valence-corrected chi connectivity index (χ2v) is 7.53. The van der Waals surface area contributed by atoms with Crippen molar-refractivity contribution in [1.29, 1.82) is 21.2 Å². The number of nitrogens with one attached hydrogen (secondary N) is 2. The minimum atomic E-state index is -1.59. The number of quaternary nitrogens is 1. The average molecular weight is 350 g/mol. The predicted octanol–water partition coefficient (Wildman–Crippen LogP) is 1.89. The fourth-order valence-electron chi connectivity index (χ4n) is 4.33. The molecule has 2 N–H and O–H groups in total. The second kappa shape index (κ2) is 6.81. The Bertz CT molecular complexity index is 803. The predicted molar refractivity (Wildman–Crippen MR) is 95.0 cm³/mol. The number of thiophene rings is 1. The van der Waals surface area contributed by atoms with E-state index in [9.17, 15) is 15.8 Å². The molecule has 1 aliphatic heterocycles. The normalized spacial score (nSPS) is 30.3. The summed E-state index contributed by atoms with van der Waals surface area (Å²) in [5.41, 5.74) is 0.136. The van der Waals surface area contributed by atoms with Crippen molar-refractivity contribution >= 4 is 17.0 Å². The van der Waals surface area contributed by atoms with E-state index in [-0.39, 0.29) is 17.5 Å². The van der Waals surface area contributed by atoms with Crippen molar-refractivity contribution in [3.05, 3.63) is 34.0 Å². The average Bonchev–Trinajstić information content (AvgIpc) is 3.16. The van der Waals surface area contributed by atoms with Gasteiger partial charge in [-0.2, -0.15) is 27.1 Å². The van der Waals surface area contributed by atoms with E-state index >= 15 is 0 Å². The fraction of sp³-hybridized carbons (Fsp3) is 0.474. The molecule has 2 heterocycles. The zero-order valence-corrected chi connectivity index (χ0v) is 14.9. The van der Waals surface area contributed by atoms with Crippen LogP contribution in [0.4, 0.5) is 0 Å². The van der Waals surface area contributed by atoms with Crippen LogP contribution in [0, 0.1) is 56.7 Å². The third kappa shape index (κ3) is 2.57. The van der Waals surface area contributed by atoms with Gasteiger partial charge in [0, 0.05) is 11.8 Å². The molecule has 0 bridgehead atoms. The van der Waals surface area contributed by atoms with Gasteiger partial charge in [0.15, 0.2) is 0 Å². The Hall–Kier alpha value is -2.46. The molecule has 5 nitrogen and oxygen atoms in total. The molecule has 0 radical (unpaired) electrons. The largest absolute Gasteiger partial charge is 0.331 e. The Morgan fingerprint density at radius 1 is 1.36 bits per heavy atom. The minimum Gasteiger partial charge on any atom is -0.331 e. The summed E-state index contributed by atoms with van der Waals surface area (Å²) in [6.45, 7) is 4.74. The van der Waals surface area contributed by atoms with Crippen LogP contribution in [-0.4, -0.2) is 25.3 Å².